The molecule has 1 heterocycles. The van der Waals surface area contributed by atoms with E-state index in [1.165, 1.54) is 6.07 Å². The lowest BCUT2D eigenvalue weighted by Gasteiger charge is -2.31. The molecule has 2 rings (SSSR count). The van der Waals surface area contributed by atoms with Gasteiger partial charge < -0.3 is 20.3 Å². The third kappa shape index (κ3) is 5.30. The number of carbonyl (C=O) groups excluding carboxylic acids is 1. The van der Waals surface area contributed by atoms with Gasteiger partial charge in [-0.25, -0.2) is 4.79 Å². The minimum Gasteiger partial charge on any atom is -0.378 e. The second kappa shape index (κ2) is 8.81. The van der Waals surface area contributed by atoms with E-state index in [0.29, 0.717) is 44.8 Å². The number of nitrogens with one attached hydrogen (secondary N) is 2. The molecule has 0 aromatic heterocycles. The summed E-state index contributed by atoms with van der Waals surface area (Å²) in [5, 5.41) is 5.23. The number of hydrogen-bond donors (Lipinski definition) is 2. The number of morpholine rings is 1. The van der Waals surface area contributed by atoms with E-state index in [1.54, 1.807) is 0 Å². The Morgan fingerprint density at radius 2 is 2.08 bits per heavy atom. The Labute approximate surface area is 150 Å². The van der Waals surface area contributed by atoms with Gasteiger partial charge in [0.15, 0.2) is 0 Å². The number of rotatable bonds is 5. The van der Waals surface area contributed by atoms with Crippen LogP contribution >= 0.6 is 0 Å². The molecule has 2 amide bonds. The highest BCUT2D eigenvalue weighted by Crippen LogP contribution is 2.35. The van der Waals surface area contributed by atoms with E-state index in [2.05, 4.69) is 16.6 Å². The Kier molecular flexibility index (Phi) is 6.75. The van der Waals surface area contributed by atoms with Crippen LogP contribution < -0.4 is 15.5 Å². The highest BCUT2D eigenvalue weighted by molar-refractivity contribution is 5.93. The van der Waals surface area contributed by atoms with Crippen LogP contribution in [-0.2, 0) is 10.9 Å². The Morgan fingerprint density at radius 3 is 2.65 bits per heavy atom. The number of ether oxygens (including phenoxy) is 1. The van der Waals surface area contributed by atoms with Gasteiger partial charge >= 0.3 is 12.2 Å². The molecule has 0 bridgehead atoms. The number of terminal acetylenes is 1. The standard InChI is InChI=1S/C18H22F3N3O2/c1-3-5-14(4-2)22-17(25)23-15-12-13(18(19,20)21)6-7-16(15)24-8-10-26-11-9-24/h1,6-7,12,14H,4-5,8-11H2,2H3,(H2,22,23,25)/t14-/m0/s1. The van der Waals surface area contributed by atoms with Crippen LogP contribution in [0.5, 0.6) is 0 Å². The zero-order chi connectivity index (χ0) is 19.2. The Bertz CT molecular complexity index is 665. The molecule has 1 fully saturated rings. The monoisotopic (exact) mass is 369 g/mol. The molecule has 8 heteroatoms. The van der Waals surface area contributed by atoms with Crippen molar-refractivity contribution in [3.63, 3.8) is 0 Å². The van der Waals surface area contributed by atoms with Crippen LogP contribution in [0, 0.1) is 12.3 Å². The number of halogens is 3. The van der Waals surface area contributed by atoms with E-state index in [-0.39, 0.29) is 11.7 Å². The van der Waals surface area contributed by atoms with Crippen molar-refractivity contribution in [1.82, 2.24) is 5.32 Å². The van der Waals surface area contributed by atoms with Gasteiger partial charge in [-0.15, -0.1) is 12.3 Å². The summed E-state index contributed by atoms with van der Waals surface area (Å²) in [4.78, 5) is 14.1. The molecule has 0 radical (unpaired) electrons. The molecule has 5 nitrogen and oxygen atoms in total. The first-order chi connectivity index (χ1) is 12.3. The second-order valence-electron chi connectivity index (χ2n) is 5.94. The molecule has 1 aromatic carbocycles. The molecule has 1 aromatic rings. The molecule has 0 saturated carbocycles. The maximum absolute atomic E-state index is 13.1. The predicted octanol–water partition coefficient (Wildman–Crippen LogP) is 3.47. The Hall–Kier alpha value is -2.40. The zero-order valence-corrected chi connectivity index (χ0v) is 14.5. The minimum absolute atomic E-state index is 0.106. The van der Waals surface area contributed by atoms with Crippen LogP contribution in [0.1, 0.15) is 25.3 Å². The SMILES string of the molecule is C#CC[C@H](CC)NC(=O)Nc1cc(C(F)(F)F)ccc1N1CCOCC1. The third-order valence-electron chi connectivity index (χ3n) is 4.12. The van der Waals surface area contributed by atoms with Gasteiger partial charge in [0.2, 0.25) is 0 Å². The van der Waals surface area contributed by atoms with Crippen molar-refractivity contribution in [3.05, 3.63) is 23.8 Å². The molecule has 2 N–H and O–H groups in total. The summed E-state index contributed by atoms with van der Waals surface area (Å²) in [6.45, 7) is 3.90. The number of carbonyl (C=O) groups is 1. The summed E-state index contributed by atoms with van der Waals surface area (Å²) in [7, 11) is 0. The van der Waals surface area contributed by atoms with Crippen LogP contribution in [0.15, 0.2) is 18.2 Å². The fourth-order valence-corrected chi connectivity index (χ4v) is 2.68. The summed E-state index contributed by atoms with van der Waals surface area (Å²) >= 11 is 0. The van der Waals surface area contributed by atoms with Crippen molar-refractivity contribution in [2.45, 2.75) is 32.0 Å². The first-order valence-electron chi connectivity index (χ1n) is 8.40. The summed E-state index contributed by atoms with van der Waals surface area (Å²) in [6, 6.07) is 2.52. The van der Waals surface area contributed by atoms with Gasteiger partial charge in [-0.05, 0) is 24.6 Å². The number of nitrogens with zero attached hydrogens (tertiary/aromatic N) is 1. The molecule has 1 aliphatic rings. The number of hydrogen-bond acceptors (Lipinski definition) is 3. The maximum Gasteiger partial charge on any atom is 0.416 e. The molecule has 142 valence electrons. The van der Waals surface area contributed by atoms with E-state index in [4.69, 9.17) is 11.2 Å². The van der Waals surface area contributed by atoms with Gasteiger partial charge in [0, 0.05) is 25.6 Å². The summed E-state index contributed by atoms with van der Waals surface area (Å²) in [6.07, 6.45) is 1.73. The lowest BCUT2D eigenvalue weighted by molar-refractivity contribution is -0.137. The smallest absolute Gasteiger partial charge is 0.378 e. The fraction of sp³-hybridized carbons (Fsp3) is 0.500. The van der Waals surface area contributed by atoms with Crippen LogP contribution in [0.4, 0.5) is 29.3 Å². The highest BCUT2D eigenvalue weighted by atomic mass is 19.4. The average Bonchev–Trinajstić information content (AvgIpc) is 2.61. The first-order valence-corrected chi connectivity index (χ1v) is 8.40. The molecule has 0 aliphatic carbocycles. The quantitative estimate of drug-likeness (QED) is 0.782. The van der Waals surface area contributed by atoms with Crippen LogP contribution in [0.2, 0.25) is 0 Å². The molecule has 26 heavy (non-hydrogen) atoms. The summed E-state index contributed by atoms with van der Waals surface area (Å²) < 4.78 is 44.5. The normalized spacial score (nSPS) is 15.9. The van der Waals surface area contributed by atoms with Crippen molar-refractivity contribution in [1.29, 1.82) is 0 Å². The fourth-order valence-electron chi connectivity index (χ4n) is 2.68. The molecule has 1 aliphatic heterocycles. The van der Waals surface area contributed by atoms with Gasteiger partial charge in [0.1, 0.15) is 0 Å². The van der Waals surface area contributed by atoms with E-state index >= 15 is 0 Å². The van der Waals surface area contributed by atoms with Gasteiger partial charge in [-0.2, -0.15) is 13.2 Å². The Morgan fingerprint density at radius 1 is 1.38 bits per heavy atom. The second-order valence-corrected chi connectivity index (χ2v) is 5.94. The molecule has 1 saturated heterocycles. The number of alkyl halides is 3. The van der Waals surface area contributed by atoms with Crippen molar-refractivity contribution >= 4 is 17.4 Å². The largest absolute Gasteiger partial charge is 0.416 e. The van der Waals surface area contributed by atoms with Crippen molar-refractivity contribution < 1.29 is 22.7 Å². The number of anilines is 2. The maximum atomic E-state index is 13.1. The highest BCUT2D eigenvalue weighted by Gasteiger charge is 2.32. The molecule has 0 spiro atoms. The third-order valence-corrected chi connectivity index (χ3v) is 4.12. The van der Waals surface area contributed by atoms with E-state index in [1.807, 2.05) is 11.8 Å². The first kappa shape index (κ1) is 19.9. The lowest BCUT2D eigenvalue weighted by atomic mass is 10.1. The van der Waals surface area contributed by atoms with Gasteiger partial charge in [-0.3, -0.25) is 0 Å². The average molecular weight is 369 g/mol. The van der Waals surface area contributed by atoms with Crippen molar-refractivity contribution in [2.75, 3.05) is 36.5 Å². The molecular weight excluding hydrogens is 347 g/mol. The number of urea groups is 1. The summed E-state index contributed by atoms with van der Waals surface area (Å²) in [5.74, 6) is 2.47. The topological polar surface area (TPSA) is 53.6 Å². The van der Waals surface area contributed by atoms with Gasteiger partial charge in [0.25, 0.3) is 0 Å². The lowest BCUT2D eigenvalue weighted by Crippen LogP contribution is -2.39. The minimum atomic E-state index is -4.49. The zero-order valence-electron chi connectivity index (χ0n) is 14.5. The molecule has 0 unspecified atom stereocenters. The number of benzene rings is 1. The van der Waals surface area contributed by atoms with Crippen molar-refractivity contribution in [3.8, 4) is 12.3 Å². The van der Waals surface area contributed by atoms with E-state index in [9.17, 15) is 18.0 Å². The van der Waals surface area contributed by atoms with Crippen LogP contribution in [-0.4, -0.2) is 38.4 Å². The van der Waals surface area contributed by atoms with Crippen molar-refractivity contribution in [2.24, 2.45) is 0 Å². The molecule has 1 atom stereocenters. The number of amides is 2. The van der Waals surface area contributed by atoms with Gasteiger partial charge in [-0.1, -0.05) is 6.92 Å². The molecular formula is C18H22F3N3O2. The van der Waals surface area contributed by atoms with Gasteiger partial charge in [0.05, 0.1) is 30.2 Å². The van der Waals surface area contributed by atoms with Crippen LogP contribution in [0.3, 0.4) is 0 Å². The summed E-state index contributed by atoms with van der Waals surface area (Å²) in [5.41, 5.74) is -0.184. The van der Waals surface area contributed by atoms with Crippen LogP contribution in [0.25, 0.3) is 0 Å². The Balaban J connectivity index is 2.24. The van der Waals surface area contributed by atoms with E-state index in [0.717, 1.165) is 12.1 Å². The predicted molar refractivity (Wildman–Crippen MR) is 94.2 cm³/mol. The van der Waals surface area contributed by atoms with E-state index < -0.39 is 17.8 Å².